The van der Waals surface area contributed by atoms with Crippen LogP contribution in [0.4, 0.5) is 11.4 Å². The number of pyridine rings is 1. The number of nitrogens with zero attached hydrogens (tertiary/aromatic N) is 1. The molecule has 2 N–H and O–H groups in total. The summed E-state index contributed by atoms with van der Waals surface area (Å²) in [5.41, 5.74) is 1.46. The highest BCUT2D eigenvalue weighted by molar-refractivity contribution is 8.00. The van der Waals surface area contributed by atoms with Crippen LogP contribution in [0.2, 0.25) is 0 Å². The highest BCUT2D eigenvalue weighted by Crippen LogP contribution is 2.28. The molecule has 5 nitrogen and oxygen atoms in total. The molecule has 1 aromatic heterocycles. The molecule has 0 saturated heterocycles. The molecule has 0 aliphatic carbocycles. The first kappa shape index (κ1) is 17.0. The van der Waals surface area contributed by atoms with Crippen LogP contribution in [0.25, 0.3) is 0 Å². The molecule has 0 spiro atoms. The van der Waals surface area contributed by atoms with Gasteiger partial charge in [-0.1, -0.05) is 13.0 Å². The average molecular weight is 329 g/mol. The lowest BCUT2D eigenvalue weighted by Crippen LogP contribution is -2.24. The molecule has 23 heavy (non-hydrogen) atoms. The summed E-state index contributed by atoms with van der Waals surface area (Å²) in [6.45, 7) is 3.44. The Hall–Kier alpha value is -2.34. The number of aromatic nitrogens is 1. The Morgan fingerprint density at radius 1 is 1.13 bits per heavy atom. The predicted octanol–water partition coefficient (Wildman–Crippen LogP) is 3.55. The van der Waals surface area contributed by atoms with E-state index in [4.69, 9.17) is 0 Å². The van der Waals surface area contributed by atoms with Crippen LogP contribution in [0.3, 0.4) is 0 Å². The van der Waals surface area contributed by atoms with Crippen LogP contribution < -0.4 is 10.6 Å². The van der Waals surface area contributed by atoms with E-state index in [2.05, 4.69) is 15.6 Å². The van der Waals surface area contributed by atoms with Crippen LogP contribution in [0.5, 0.6) is 0 Å². The van der Waals surface area contributed by atoms with Gasteiger partial charge < -0.3 is 10.6 Å². The van der Waals surface area contributed by atoms with Gasteiger partial charge in [0.2, 0.25) is 11.8 Å². The maximum Gasteiger partial charge on any atom is 0.237 e. The molecule has 120 valence electrons. The fourth-order valence-electron chi connectivity index (χ4n) is 1.99. The smallest absolute Gasteiger partial charge is 0.237 e. The molecule has 0 aliphatic heterocycles. The molecule has 6 heteroatoms. The second-order valence-corrected chi connectivity index (χ2v) is 6.23. The van der Waals surface area contributed by atoms with Crippen molar-refractivity contribution in [1.29, 1.82) is 0 Å². The number of nitrogens with one attached hydrogen (secondary N) is 2. The maximum absolute atomic E-state index is 12.4. The molecule has 2 amide bonds. The van der Waals surface area contributed by atoms with Crippen molar-refractivity contribution < 1.29 is 9.59 Å². The lowest BCUT2D eigenvalue weighted by molar-refractivity contribution is -0.116. The van der Waals surface area contributed by atoms with Crippen molar-refractivity contribution in [3.05, 3.63) is 48.8 Å². The summed E-state index contributed by atoms with van der Waals surface area (Å²) < 4.78 is 0. The van der Waals surface area contributed by atoms with Gasteiger partial charge in [-0.15, -0.1) is 11.8 Å². The zero-order valence-electron chi connectivity index (χ0n) is 13.1. The van der Waals surface area contributed by atoms with E-state index in [1.807, 2.05) is 31.2 Å². The minimum absolute atomic E-state index is 0.0476. The van der Waals surface area contributed by atoms with Gasteiger partial charge in [-0.25, -0.2) is 0 Å². The van der Waals surface area contributed by atoms with E-state index in [1.165, 1.54) is 18.7 Å². The number of hydrogen-bond donors (Lipinski definition) is 2. The molecule has 0 saturated carbocycles. The number of hydrogen-bond acceptors (Lipinski definition) is 4. The molecule has 1 aromatic carbocycles. The standard InChI is InChI=1S/C17H19N3O2S/c1-3-16(17(22)20-13-7-9-18-10-8-13)23-15-6-4-5-14(11-15)19-12(2)21/h4-11,16H,3H2,1-2H3,(H,19,21)(H,18,20,22). The summed E-state index contributed by atoms with van der Waals surface area (Å²) in [5.74, 6) is -0.164. The molecule has 2 rings (SSSR count). The van der Waals surface area contributed by atoms with E-state index in [1.54, 1.807) is 24.5 Å². The molecule has 0 radical (unpaired) electrons. The summed E-state index contributed by atoms with van der Waals surface area (Å²) in [5, 5.41) is 5.42. The van der Waals surface area contributed by atoms with Crippen LogP contribution >= 0.6 is 11.8 Å². The fourth-order valence-corrected chi connectivity index (χ4v) is 3.01. The number of carbonyl (C=O) groups excluding carboxylic acids is 2. The van der Waals surface area contributed by atoms with Gasteiger partial charge in [0, 0.05) is 35.6 Å². The number of rotatable bonds is 6. The van der Waals surface area contributed by atoms with E-state index in [0.717, 1.165) is 16.3 Å². The summed E-state index contributed by atoms with van der Waals surface area (Å²) in [6, 6.07) is 11.0. The van der Waals surface area contributed by atoms with Crippen molar-refractivity contribution in [3.63, 3.8) is 0 Å². The van der Waals surface area contributed by atoms with Gasteiger partial charge in [0.1, 0.15) is 0 Å². The van der Waals surface area contributed by atoms with Crippen molar-refractivity contribution >= 4 is 35.0 Å². The molecule has 1 atom stereocenters. The van der Waals surface area contributed by atoms with E-state index >= 15 is 0 Å². The molecule has 1 unspecified atom stereocenters. The van der Waals surface area contributed by atoms with Crippen LogP contribution in [-0.4, -0.2) is 22.0 Å². The summed E-state index contributed by atoms with van der Waals surface area (Å²) in [6.07, 6.45) is 3.98. The Morgan fingerprint density at radius 2 is 1.87 bits per heavy atom. The second-order valence-electron chi connectivity index (χ2n) is 4.95. The van der Waals surface area contributed by atoms with E-state index in [-0.39, 0.29) is 17.1 Å². The van der Waals surface area contributed by atoms with Gasteiger partial charge >= 0.3 is 0 Å². The van der Waals surface area contributed by atoms with Crippen LogP contribution in [0.1, 0.15) is 20.3 Å². The third-order valence-electron chi connectivity index (χ3n) is 3.04. The lowest BCUT2D eigenvalue weighted by Gasteiger charge is -2.15. The Balaban J connectivity index is 2.04. The Bertz CT molecular complexity index is 677. The summed E-state index contributed by atoms with van der Waals surface area (Å²) in [4.78, 5) is 28.4. The highest BCUT2D eigenvalue weighted by Gasteiger charge is 2.18. The van der Waals surface area contributed by atoms with Gasteiger partial charge in [0.25, 0.3) is 0 Å². The van der Waals surface area contributed by atoms with Crippen LogP contribution in [0, 0.1) is 0 Å². The van der Waals surface area contributed by atoms with Gasteiger partial charge in [-0.2, -0.15) is 0 Å². The van der Waals surface area contributed by atoms with Crippen molar-refractivity contribution in [2.45, 2.75) is 30.4 Å². The molecule has 0 bridgehead atoms. The topological polar surface area (TPSA) is 71.1 Å². The number of thioether (sulfide) groups is 1. The monoisotopic (exact) mass is 329 g/mol. The Labute approximate surface area is 139 Å². The van der Waals surface area contributed by atoms with Crippen LogP contribution in [0.15, 0.2) is 53.7 Å². The largest absolute Gasteiger partial charge is 0.326 e. The van der Waals surface area contributed by atoms with E-state index in [9.17, 15) is 9.59 Å². The van der Waals surface area contributed by atoms with Crippen LogP contribution in [-0.2, 0) is 9.59 Å². The Kier molecular flexibility index (Phi) is 6.17. The zero-order chi connectivity index (χ0) is 16.7. The van der Waals surface area contributed by atoms with Crippen molar-refractivity contribution in [1.82, 2.24) is 4.98 Å². The molecular formula is C17H19N3O2S. The predicted molar refractivity (Wildman–Crippen MR) is 93.5 cm³/mol. The number of anilines is 2. The molecule has 1 heterocycles. The highest BCUT2D eigenvalue weighted by atomic mass is 32.2. The summed E-state index contributed by atoms with van der Waals surface area (Å²) >= 11 is 1.48. The van der Waals surface area contributed by atoms with Crippen molar-refractivity contribution in [2.75, 3.05) is 10.6 Å². The van der Waals surface area contributed by atoms with E-state index in [0.29, 0.717) is 6.42 Å². The third kappa shape index (κ3) is 5.41. The first-order valence-corrected chi connectivity index (χ1v) is 8.21. The number of benzene rings is 1. The first-order chi connectivity index (χ1) is 11.1. The number of amides is 2. The Morgan fingerprint density at radius 3 is 2.52 bits per heavy atom. The second kappa shape index (κ2) is 8.33. The normalized spacial score (nSPS) is 11.6. The molecule has 0 fully saturated rings. The minimum Gasteiger partial charge on any atom is -0.326 e. The number of carbonyl (C=O) groups is 2. The summed E-state index contributed by atoms with van der Waals surface area (Å²) in [7, 11) is 0. The van der Waals surface area contributed by atoms with Gasteiger partial charge in [-0.3, -0.25) is 14.6 Å². The van der Waals surface area contributed by atoms with E-state index < -0.39 is 0 Å². The van der Waals surface area contributed by atoms with Crippen molar-refractivity contribution in [2.24, 2.45) is 0 Å². The molecule has 2 aromatic rings. The van der Waals surface area contributed by atoms with Gasteiger partial charge in [-0.05, 0) is 36.8 Å². The third-order valence-corrected chi connectivity index (χ3v) is 4.40. The fraction of sp³-hybridized carbons (Fsp3) is 0.235. The SMILES string of the molecule is CCC(Sc1cccc(NC(C)=O)c1)C(=O)Nc1ccncc1. The van der Waals surface area contributed by atoms with Crippen molar-refractivity contribution in [3.8, 4) is 0 Å². The molecular weight excluding hydrogens is 310 g/mol. The quantitative estimate of drug-likeness (QED) is 0.795. The average Bonchev–Trinajstić information content (AvgIpc) is 2.53. The lowest BCUT2D eigenvalue weighted by atomic mass is 10.3. The maximum atomic E-state index is 12.4. The zero-order valence-corrected chi connectivity index (χ0v) is 13.9. The minimum atomic E-state index is -0.212. The van der Waals surface area contributed by atoms with Gasteiger partial charge in [0.05, 0.1) is 5.25 Å². The van der Waals surface area contributed by atoms with Gasteiger partial charge in [0.15, 0.2) is 0 Å². The first-order valence-electron chi connectivity index (χ1n) is 7.33. The molecule has 0 aliphatic rings.